The second-order valence-corrected chi connectivity index (χ2v) is 5.11. The largest absolute Gasteiger partial charge is 0.342 e. The predicted octanol–water partition coefficient (Wildman–Crippen LogP) is 3.86. The van der Waals surface area contributed by atoms with E-state index in [-0.39, 0.29) is 5.91 Å². The first-order chi connectivity index (χ1) is 10.2. The summed E-state index contributed by atoms with van der Waals surface area (Å²) in [6.07, 6.45) is 0. The van der Waals surface area contributed by atoms with Gasteiger partial charge in [0.15, 0.2) is 0 Å². The Morgan fingerprint density at radius 1 is 1.24 bits per heavy atom. The summed E-state index contributed by atoms with van der Waals surface area (Å²) in [5.41, 5.74) is 4.12. The number of H-pyrrole nitrogens is 1. The molecule has 0 atom stereocenters. The van der Waals surface area contributed by atoms with Crippen LogP contribution in [0.15, 0.2) is 42.5 Å². The molecule has 0 saturated carbocycles. The van der Waals surface area contributed by atoms with Crippen LogP contribution in [0, 0.1) is 6.92 Å². The Hall–Kier alpha value is -2.33. The zero-order chi connectivity index (χ0) is 14.8. The zero-order valence-corrected chi connectivity index (χ0v) is 12.2. The Bertz CT molecular complexity index is 793. The van der Waals surface area contributed by atoms with Crippen LogP contribution in [0.4, 0.5) is 5.69 Å². The van der Waals surface area contributed by atoms with E-state index in [0.29, 0.717) is 11.4 Å². The number of carbonyl (C=O) groups excluding carboxylic acids is 1. The highest BCUT2D eigenvalue weighted by molar-refractivity contribution is 6.17. The lowest BCUT2D eigenvalue weighted by molar-refractivity contribution is 0.102. The van der Waals surface area contributed by atoms with Gasteiger partial charge in [0, 0.05) is 17.1 Å². The maximum absolute atomic E-state index is 12.2. The summed E-state index contributed by atoms with van der Waals surface area (Å²) >= 11 is 5.74. The number of nitrogens with zero attached hydrogens (tertiary/aromatic N) is 1. The smallest absolute Gasteiger partial charge is 0.255 e. The van der Waals surface area contributed by atoms with Crippen LogP contribution in [0.1, 0.15) is 21.7 Å². The summed E-state index contributed by atoms with van der Waals surface area (Å²) in [5, 5.41) is 2.88. The van der Waals surface area contributed by atoms with Crippen LogP contribution in [-0.4, -0.2) is 15.9 Å². The summed E-state index contributed by atoms with van der Waals surface area (Å²) in [6.45, 7) is 1.90. The number of carbonyl (C=O) groups is 1. The Labute approximate surface area is 127 Å². The van der Waals surface area contributed by atoms with Gasteiger partial charge in [0.1, 0.15) is 5.82 Å². The zero-order valence-electron chi connectivity index (χ0n) is 11.5. The maximum atomic E-state index is 12.2. The molecule has 2 N–H and O–H groups in total. The number of aromatic nitrogens is 2. The average Bonchev–Trinajstić information content (AvgIpc) is 2.86. The van der Waals surface area contributed by atoms with Gasteiger partial charge in [-0.1, -0.05) is 12.1 Å². The van der Waals surface area contributed by atoms with E-state index in [1.807, 2.05) is 37.3 Å². The van der Waals surface area contributed by atoms with Crippen molar-refractivity contribution < 1.29 is 4.79 Å². The molecule has 21 heavy (non-hydrogen) atoms. The Balaban J connectivity index is 1.81. The van der Waals surface area contributed by atoms with E-state index in [1.54, 1.807) is 12.1 Å². The fourth-order valence-electron chi connectivity index (χ4n) is 2.16. The van der Waals surface area contributed by atoms with Crippen LogP contribution in [-0.2, 0) is 5.88 Å². The van der Waals surface area contributed by atoms with E-state index in [4.69, 9.17) is 11.6 Å². The molecule has 0 aliphatic heterocycles. The van der Waals surface area contributed by atoms with Gasteiger partial charge in [-0.3, -0.25) is 4.79 Å². The van der Waals surface area contributed by atoms with E-state index in [2.05, 4.69) is 15.3 Å². The number of imidazole rings is 1. The molecule has 0 radical (unpaired) electrons. The highest BCUT2D eigenvalue weighted by atomic mass is 35.5. The van der Waals surface area contributed by atoms with Gasteiger partial charge < -0.3 is 10.3 Å². The molecule has 0 fully saturated rings. The molecule has 0 unspecified atom stereocenters. The second kappa shape index (κ2) is 5.58. The lowest BCUT2D eigenvalue weighted by atomic mass is 10.1. The fourth-order valence-corrected chi connectivity index (χ4v) is 2.34. The monoisotopic (exact) mass is 299 g/mol. The van der Waals surface area contributed by atoms with Crippen molar-refractivity contribution in [3.05, 3.63) is 59.4 Å². The van der Waals surface area contributed by atoms with Crippen LogP contribution in [0.2, 0.25) is 0 Å². The number of halogens is 1. The molecule has 1 heterocycles. The minimum atomic E-state index is -0.147. The van der Waals surface area contributed by atoms with Gasteiger partial charge >= 0.3 is 0 Å². The number of fused-ring (bicyclic) bond motifs is 1. The van der Waals surface area contributed by atoms with E-state index < -0.39 is 0 Å². The first-order valence-corrected chi connectivity index (χ1v) is 7.12. The predicted molar refractivity (Wildman–Crippen MR) is 84.8 cm³/mol. The van der Waals surface area contributed by atoms with Gasteiger partial charge in [0.2, 0.25) is 0 Å². The van der Waals surface area contributed by atoms with Crippen molar-refractivity contribution >= 4 is 34.2 Å². The number of amides is 1. The number of nitrogens with one attached hydrogen (secondary N) is 2. The first kappa shape index (κ1) is 13.6. The summed E-state index contributed by atoms with van der Waals surface area (Å²) in [7, 11) is 0. The van der Waals surface area contributed by atoms with Crippen LogP contribution in [0.25, 0.3) is 11.0 Å². The molecular formula is C16H14ClN3O. The van der Waals surface area contributed by atoms with Crippen LogP contribution >= 0.6 is 11.6 Å². The van der Waals surface area contributed by atoms with Crippen LogP contribution in [0.5, 0.6) is 0 Å². The van der Waals surface area contributed by atoms with Gasteiger partial charge in [-0.05, 0) is 42.8 Å². The quantitative estimate of drug-likeness (QED) is 0.721. The third kappa shape index (κ3) is 2.90. The highest BCUT2D eigenvalue weighted by Crippen LogP contribution is 2.18. The van der Waals surface area contributed by atoms with Crippen molar-refractivity contribution in [3.63, 3.8) is 0 Å². The number of rotatable bonds is 3. The molecule has 2 aromatic carbocycles. The van der Waals surface area contributed by atoms with Crippen molar-refractivity contribution in [1.82, 2.24) is 9.97 Å². The van der Waals surface area contributed by atoms with Gasteiger partial charge in [0.05, 0.1) is 11.0 Å². The average molecular weight is 300 g/mol. The molecule has 0 aliphatic rings. The molecule has 3 rings (SSSR count). The maximum Gasteiger partial charge on any atom is 0.255 e. The van der Waals surface area contributed by atoms with Gasteiger partial charge in [-0.25, -0.2) is 4.98 Å². The van der Waals surface area contributed by atoms with Crippen molar-refractivity contribution in [2.75, 3.05) is 5.32 Å². The van der Waals surface area contributed by atoms with Gasteiger partial charge in [-0.15, -0.1) is 11.6 Å². The number of benzene rings is 2. The van der Waals surface area contributed by atoms with Gasteiger partial charge in [-0.2, -0.15) is 0 Å². The SMILES string of the molecule is Cc1nc2ccc(NC(=O)c3ccc(CCl)cc3)cc2[nH]1. The summed E-state index contributed by atoms with van der Waals surface area (Å²) in [5.74, 6) is 1.15. The molecule has 0 saturated heterocycles. The molecule has 4 nitrogen and oxygen atoms in total. The third-order valence-corrected chi connectivity index (χ3v) is 3.54. The number of anilines is 1. The highest BCUT2D eigenvalue weighted by Gasteiger charge is 2.07. The van der Waals surface area contributed by atoms with Gasteiger partial charge in [0.25, 0.3) is 5.91 Å². The number of hydrogen-bond acceptors (Lipinski definition) is 2. The molecule has 1 amide bonds. The fraction of sp³-hybridized carbons (Fsp3) is 0.125. The van der Waals surface area contributed by atoms with E-state index in [9.17, 15) is 4.79 Å². The lowest BCUT2D eigenvalue weighted by Crippen LogP contribution is -2.11. The molecule has 0 aliphatic carbocycles. The Morgan fingerprint density at radius 3 is 2.71 bits per heavy atom. The Kier molecular flexibility index (Phi) is 3.62. The summed E-state index contributed by atoms with van der Waals surface area (Å²) in [6, 6.07) is 12.8. The van der Waals surface area contributed by atoms with E-state index in [1.165, 1.54) is 0 Å². The molecule has 5 heteroatoms. The lowest BCUT2D eigenvalue weighted by Gasteiger charge is -2.05. The number of alkyl halides is 1. The molecule has 0 spiro atoms. The number of aromatic amines is 1. The van der Waals surface area contributed by atoms with Crippen LogP contribution < -0.4 is 5.32 Å². The Morgan fingerprint density at radius 2 is 2.00 bits per heavy atom. The summed E-state index contributed by atoms with van der Waals surface area (Å²) < 4.78 is 0. The normalized spacial score (nSPS) is 10.8. The first-order valence-electron chi connectivity index (χ1n) is 6.58. The summed E-state index contributed by atoms with van der Waals surface area (Å²) in [4.78, 5) is 19.7. The second-order valence-electron chi connectivity index (χ2n) is 4.84. The van der Waals surface area contributed by atoms with Crippen LogP contribution in [0.3, 0.4) is 0 Å². The molecule has 1 aromatic heterocycles. The topological polar surface area (TPSA) is 57.8 Å². The van der Waals surface area contributed by atoms with Crippen molar-refractivity contribution in [2.24, 2.45) is 0 Å². The van der Waals surface area contributed by atoms with Crippen molar-refractivity contribution in [1.29, 1.82) is 0 Å². The number of aryl methyl sites for hydroxylation is 1. The number of hydrogen-bond donors (Lipinski definition) is 2. The minimum absolute atomic E-state index is 0.147. The standard InChI is InChI=1S/C16H14ClN3O/c1-10-18-14-7-6-13(8-15(14)19-10)20-16(21)12-4-2-11(9-17)3-5-12/h2-8H,9H2,1H3,(H,18,19)(H,20,21). The third-order valence-electron chi connectivity index (χ3n) is 3.23. The van der Waals surface area contributed by atoms with Crippen molar-refractivity contribution in [3.8, 4) is 0 Å². The molecular weight excluding hydrogens is 286 g/mol. The minimum Gasteiger partial charge on any atom is -0.342 e. The molecule has 106 valence electrons. The van der Waals surface area contributed by atoms with E-state index in [0.717, 1.165) is 28.1 Å². The van der Waals surface area contributed by atoms with E-state index >= 15 is 0 Å². The molecule has 0 bridgehead atoms. The molecule has 3 aromatic rings. The van der Waals surface area contributed by atoms with Crippen molar-refractivity contribution in [2.45, 2.75) is 12.8 Å².